The van der Waals surface area contributed by atoms with Gasteiger partial charge < -0.3 is 5.11 Å². The van der Waals surface area contributed by atoms with Crippen LogP contribution in [0, 0.1) is 5.82 Å². The van der Waals surface area contributed by atoms with Crippen LogP contribution in [0.25, 0.3) is 0 Å². The van der Waals surface area contributed by atoms with E-state index < -0.39 is 6.10 Å². The largest absolute Gasteiger partial charge is 0.388 e. The summed E-state index contributed by atoms with van der Waals surface area (Å²) in [5.74, 6) is -0.302. The second-order valence-electron chi connectivity index (χ2n) is 3.76. The van der Waals surface area contributed by atoms with E-state index in [0.29, 0.717) is 17.1 Å². The van der Waals surface area contributed by atoms with E-state index in [0.717, 1.165) is 5.56 Å². The van der Waals surface area contributed by atoms with Gasteiger partial charge in [0.05, 0.1) is 6.10 Å². The molecule has 1 N–H and O–H groups in total. The van der Waals surface area contributed by atoms with Crippen molar-refractivity contribution in [2.24, 2.45) is 0 Å². The monoisotopic (exact) mass is 251 g/mol. The van der Waals surface area contributed by atoms with Crippen LogP contribution in [0.1, 0.15) is 17.2 Å². The van der Waals surface area contributed by atoms with Crippen LogP contribution in [0.2, 0.25) is 5.15 Å². The number of aromatic nitrogens is 1. The molecule has 0 fully saturated rings. The molecule has 0 saturated carbocycles. The standard InChI is InChI=1S/C13H11ClFNO/c14-13-5-4-10(8-16-13)12(17)7-9-2-1-3-11(15)6-9/h1-6,8,12,17H,7H2. The molecule has 2 nitrogen and oxygen atoms in total. The maximum Gasteiger partial charge on any atom is 0.129 e. The van der Waals surface area contributed by atoms with Gasteiger partial charge in [0, 0.05) is 12.6 Å². The van der Waals surface area contributed by atoms with E-state index >= 15 is 0 Å². The first-order valence-electron chi connectivity index (χ1n) is 5.19. The number of halogens is 2. The summed E-state index contributed by atoms with van der Waals surface area (Å²) in [7, 11) is 0. The minimum Gasteiger partial charge on any atom is -0.388 e. The lowest BCUT2D eigenvalue weighted by Crippen LogP contribution is -2.02. The average Bonchev–Trinajstić information content (AvgIpc) is 2.29. The molecule has 0 aliphatic heterocycles. The van der Waals surface area contributed by atoms with E-state index in [1.807, 2.05) is 0 Å². The van der Waals surface area contributed by atoms with Gasteiger partial charge in [-0.2, -0.15) is 0 Å². The predicted octanol–water partition coefficient (Wildman–Crippen LogP) is 3.15. The molecule has 2 rings (SSSR count). The number of hydrogen-bond donors (Lipinski definition) is 1. The lowest BCUT2D eigenvalue weighted by atomic mass is 10.0. The fraction of sp³-hybridized carbons (Fsp3) is 0.154. The van der Waals surface area contributed by atoms with Crippen LogP contribution in [-0.4, -0.2) is 10.1 Å². The van der Waals surface area contributed by atoms with Crippen molar-refractivity contribution in [2.75, 3.05) is 0 Å². The highest BCUT2D eigenvalue weighted by Gasteiger charge is 2.09. The number of rotatable bonds is 3. The SMILES string of the molecule is OC(Cc1cccc(F)c1)c1ccc(Cl)nc1. The minimum atomic E-state index is -0.707. The fourth-order valence-corrected chi connectivity index (χ4v) is 1.70. The van der Waals surface area contributed by atoms with Crippen molar-refractivity contribution < 1.29 is 9.50 Å². The number of pyridine rings is 1. The quantitative estimate of drug-likeness (QED) is 0.850. The van der Waals surface area contributed by atoms with Gasteiger partial charge >= 0.3 is 0 Å². The molecule has 1 aromatic carbocycles. The smallest absolute Gasteiger partial charge is 0.129 e. The molecule has 1 atom stereocenters. The Hall–Kier alpha value is -1.45. The van der Waals surface area contributed by atoms with Crippen molar-refractivity contribution in [3.8, 4) is 0 Å². The summed E-state index contributed by atoms with van der Waals surface area (Å²) in [5.41, 5.74) is 1.41. The molecule has 4 heteroatoms. The third kappa shape index (κ3) is 3.25. The zero-order valence-corrected chi connectivity index (χ0v) is 9.73. The highest BCUT2D eigenvalue weighted by molar-refractivity contribution is 6.29. The Labute approximate surface area is 104 Å². The molecule has 0 aliphatic carbocycles. The predicted molar refractivity (Wildman–Crippen MR) is 64.3 cm³/mol. The molecular formula is C13H11ClFNO. The molecule has 2 aromatic rings. The van der Waals surface area contributed by atoms with E-state index in [-0.39, 0.29) is 5.82 Å². The second kappa shape index (κ2) is 5.25. The Balaban J connectivity index is 2.11. The fourth-order valence-electron chi connectivity index (χ4n) is 1.59. The molecule has 0 radical (unpaired) electrons. The average molecular weight is 252 g/mol. The maximum absolute atomic E-state index is 13.0. The molecule has 17 heavy (non-hydrogen) atoms. The Morgan fingerprint density at radius 3 is 2.76 bits per heavy atom. The second-order valence-corrected chi connectivity index (χ2v) is 4.15. The van der Waals surface area contributed by atoms with Crippen molar-refractivity contribution in [3.05, 3.63) is 64.7 Å². The van der Waals surface area contributed by atoms with Crippen molar-refractivity contribution in [1.82, 2.24) is 4.98 Å². The Kier molecular flexibility index (Phi) is 3.71. The van der Waals surface area contributed by atoms with Gasteiger partial charge in [-0.3, -0.25) is 0 Å². The minimum absolute atomic E-state index is 0.302. The van der Waals surface area contributed by atoms with Gasteiger partial charge in [0.1, 0.15) is 11.0 Å². The normalized spacial score (nSPS) is 12.4. The Bertz CT molecular complexity index is 501. The summed E-state index contributed by atoms with van der Waals surface area (Å²) in [6.07, 6.45) is 1.16. The van der Waals surface area contributed by atoms with E-state index in [9.17, 15) is 9.50 Å². The molecule has 1 unspecified atom stereocenters. The topological polar surface area (TPSA) is 33.1 Å². The van der Waals surface area contributed by atoms with Gasteiger partial charge in [-0.1, -0.05) is 29.8 Å². The van der Waals surface area contributed by atoms with E-state index in [4.69, 9.17) is 11.6 Å². The van der Waals surface area contributed by atoms with Crippen LogP contribution >= 0.6 is 11.6 Å². The first-order valence-corrected chi connectivity index (χ1v) is 5.57. The molecule has 0 spiro atoms. The van der Waals surface area contributed by atoms with Crippen molar-refractivity contribution >= 4 is 11.6 Å². The summed E-state index contributed by atoms with van der Waals surface area (Å²) in [6.45, 7) is 0. The number of hydrogen-bond acceptors (Lipinski definition) is 2. The summed E-state index contributed by atoms with van der Waals surface area (Å²) >= 11 is 5.65. The van der Waals surface area contributed by atoms with E-state index in [1.54, 1.807) is 24.3 Å². The van der Waals surface area contributed by atoms with Gasteiger partial charge in [-0.25, -0.2) is 9.37 Å². The molecule has 0 bridgehead atoms. The molecule has 1 aromatic heterocycles. The molecular weight excluding hydrogens is 241 g/mol. The number of nitrogens with zero attached hydrogens (tertiary/aromatic N) is 1. The van der Waals surface area contributed by atoms with Crippen LogP contribution in [0.3, 0.4) is 0 Å². The summed E-state index contributed by atoms with van der Waals surface area (Å²) in [6, 6.07) is 9.50. The summed E-state index contributed by atoms with van der Waals surface area (Å²) in [4.78, 5) is 3.89. The first kappa shape index (κ1) is 12.0. The number of benzene rings is 1. The van der Waals surface area contributed by atoms with Gasteiger partial charge in [-0.05, 0) is 29.3 Å². The van der Waals surface area contributed by atoms with Gasteiger partial charge in [0.25, 0.3) is 0 Å². The first-order chi connectivity index (χ1) is 8.15. The Morgan fingerprint density at radius 1 is 1.29 bits per heavy atom. The highest BCUT2D eigenvalue weighted by atomic mass is 35.5. The van der Waals surface area contributed by atoms with Crippen molar-refractivity contribution in [2.45, 2.75) is 12.5 Å². The molecule has 1 heterocycles. The van der Waals surface area contributed by atoms with Gasteiger partial charge in [0.15, 0.2) is 0 Å². The van der Waals surface area contributed by atoms with Crippen LogP contribution in [-0.2, 0) is 6.42 Å². The van der Waals surface area contributed by atoms with E-state index in [2.05, 4.69) is 4.98 Å². The van der Waals surface area contributed by atoms with E-state index in [1.165, 1.54) is 18.3 Å². The van der Waals surface area contributed by atoms with Crippen molar-refractivity contribution in [3.63, 3.8) is 0 Å². The maximum atomic E-state index is 13.0. The third-order valence-electron chi connectivity index (χ3n) is 2.45. The van der Waals surface area contributed by atoms with Crippen molar-refractivity contribution in [1.29, 1.82) is 0 Å². The Morgan fingerprint density at radius 2 is 2.12 bits per heavy atom. The summed E-state index contributed by atoms with van der Waals surface area (Å²) < 4.78 is 13.0. The lowest BCUT2D eigenvalue weighted by Gasteiger charge is -2.10. The van der Waals surface area contributed by atoms with Gasteiger partial charge in [-0.15, -0.1) is 0 Å². The van der Waals surface area contributed by atoms with Crippen LogP contribution < -0.4 is 0 Å². The molecule has 0 aliphatic rings. The molecule has 88 valence electrons. The summed E-state index contributed by atoms with van der Waals surface area (Å²) in [5, 5.41) is 10.3. The van der Waals surface area contributed by atoms with Crippen LogP contribution in [0.5, 0.6) is 0 Å². The third-order valence-corrected chi connectivity index (χ3v) is 2.68. The molecule has 0 saturated heterocycles. The zero-order chi connectivity index (χ0) is 12.3. The zero-order valence-electron chi connectivity index (χ0n) is 8.98. The highest BCUT2D eigenvalue weighted by Crippen LogP contribution is 2.19. The lowest BCUT2D eigenvalue weighted by molar-refractivity contribution is 0.178. The van der Waals surface area contributed by atoms with Crippen LogP contribution in [0.15, 0.2) is 42.6 Å². The van der Waals surface area contributed by atoms with Gasteiger partial charge in [0.2, 0.25) is 0 Å². The molecule has 0 amide bonds. The van der Waals surface area contributed by atoms with Crippen LogP contribution in [0.4, 0.5) is 4.39 Å². The number of aliphatic hydroxyl groups excluding tert-OH is 1. The number of aliphatic hydroxyl groups is 1.